The molecule has 0 aliphatic carbocycles. The summed E-state index contributed by atoms with van der Waals surface area (Å²) in [5.41, 5.74) is -0.301. The molecule has 2 aliphatic rings. The number of benzene rings is 1. The van der Waals surface area contributed by atoms with Gasteiger partial charge in [-0.05, 0) is 19.1 Å². The molecule has 2 aliphatic heterocycles. The highest BCUT2D eigenvalue weighted by atomic mass is 19.3. The first-order chi connectivity index (χ1) is 17.9. The summed E-state index contributed by atoms with van der Waals surface area (Å²) in [7, 11) is 2.46. The number of likely N-dealkylation sites (N-methyl/N-ethyl adjacent to an activating group) is 1. The monoisotopic (exact) mass is 537 g/mol. The summed E-state index contributed by atoms with van der Waals surface area (Å²) >= 11 is 0. The van der Waals surface area contributed by atoms with Crippen LogP contribution in [-0.4, -0.2) is 81.7 Å². The molecule has 2 atom stereocenters. The maximum Gasteiger partial charge on any atom is 0.322 e. The SMILES string of the molecule is CC1Cc2nn3c(c2CN1C(=O)Nc1ccc(F)c(C#N)c1F)C(=O)N(C)OC(C(=O)N(C)CC(F)F)C3. The van der Waals surface area contributed by atoms with Gasteiger partial charge in [-0.25, -0.2) is 27.4 Å². The molecule has 38 heavy (non-hydrogen) atoms. The highest BCUT2D eigenvalue weighted by Crippen LogP contribution is 2.30. The number of carbonyl (C=O) groups is 3. The number of anilines is 1. The van der Waals surface area contributed by atoms with Crippen LogP contribution in [0.25, 0.3) is 0 Å². The van der Waals surface area contributed by atoms with Crippen molar-refractivity contribution in [3.8, 4) is 6.07 Å². The molecule has 2 aromatic rings. The normalized spacial score (nSPS) is 19.0. The maximum absolute atomic E-state index is 14.5. The van der Waals surface area contributed by atoms with Gasteiger partial charge in [0.2, 0.25) is 0 Å². The van der Waals surface area contributed by atoms with Gasteiger partial charge < -0.3 is 15.1 Å². The third kappa shape index (κ3) is 4.86. The number of hydrogen-bond donors (Lipinski definition) is 1. The number of urea groups is 1. The quantitative estimate of drug-likeness (QED) is 0.596. The van der Waals surface area contributed by atoms with Gasteiger partial charge in [0, 0.05) is 32.1 Å². The number of halogens is 4. The molecule has 0 fully saturated rings. The zero-order valence-electron chi connectivity index (χ0n) is 20.5. The van der Waals surface area contributed by atoms with Gasteiger partial charge >= 0.3 is 6.03 Å². The first-order valence-corrected chi connectivity index (χ1v) is 11.4. The number of fused-ring (bicyclic) bond motifs is 3. The van der Waals surface area contributed by atoms with Crippen LogP contribution in [0.5, 0.6) is 0 Å². The number of aromatic nitrogens is 2. The molecule has 0 saturated carbocycles. The van der Waals surface area contributed by atoms with Gasteiger partial charge in [-0.2, -0.15) is 10.4 Å². The third-order valence-corrected chi connectivity index (χ3v) is 6.36. The summed E-state index contributed by atoms with van der Waals surface area (Å²) in [5.74, 6) is -3.71. The molecule has 1 aromatic heterocycles. The highest BCUT2D eigenvalue weighted by molar-refractivity contribution is 5.95. The minimum atomic E-state index is -2.75. The van der Waals surface area contributed by atoms with E-state index in [-0.39, 0.29) is 25.2 Å². The second kappa shape index (κ2) is 10.3. The largest absolute Gasteiger partial charge is 0.338 e. The van der Waals surface area contributed by atoms with E-state index in [4.69, 9.17) is 10.1 Å². The molecular formula is C23H23F4N7O4. The zero-order chi connectivity index (χ0) is 27.9. The molecule has 0 bridgehead atoms. The number of nitriles is 1. The van der Waals surface area contributed by atoms with Gasteiger partial charge in [0.05, 0.1) is 31.0 Å². The Morgan fingerprint density at radius 1 is 1.34 bits per heavy atom. The number of hydroxylamine groups is 2. The molecule has 1 N–H and O–H groups in total. The van der Waals surface area contributed by atoms with E-state index < -0.39 is 65.8 Å². The van der Waals surface area contributed by atoms with Gasteiger partial charge in [0.25, 0.3) is 18.2 Å². The Kier molecular flexibility index (Phi) is 7.27. The fraction of sp³-hybridized carbons (Fsp3) is 0.435. The van der Waals surface area contributed by atoms with E-state index in [2.05, 4.69) is 10.4 Å². The molecule has 2 unspecified atom stereocenters. The fourth-order valence-electron chi connectivity index (χ4n) is 4.42. The third-order valence-electron chi connectivity index (χ3n) is 6.36. The van der Waals surface area contributed by atoms with Crippen molar-refractivity contribution < 1.29 is 36.8 Å². The molecule has 0 saturated heterocycles. The van der Waals surface area contributed by atoms with Crippen molar-refractivity contribution in [1.82, 2.24) is 24.6 Å². The van der Waals surface area contributed by atoms with Crippen LogP contribution in [0.2, 0.25) is 0 Å². The first kappa shape index (κ1) is 26.9. The Morgan fingerprint density at radius 3 is 2.71 bits per heavy atom. The number of alkyl halides is 2. The second-order valence-electron chi connectivity index (χ2n) is 8.97. The molecule has 1 aromatic carbocycles. The molecule has 4 rings (SSSR count). The number of nitrogens with one attached hydrogen (secondary N) is 1. The lowest BCUT2D eigenvalue weighted by atomic mass is 9.99. The van der Waals surface area contributed by atoms with Crippen LogP contribution in [-0.2, 0) is 29.1 Å². The number of amides is 4. The van der Waals surface area contributed by atoms with E-state index in [9.17, 15) is 31.9 Å². The smallest absolute Gasteiger partial charge is 0.322 e. The van der Waals surface area contributed by atoms with E-state index in [1.807, 2.05) is 0 Å². The Balaban J connectivity index is 1.60. The van der Waals surface area contributed by atoms with Gasteiger partial charge in [0.15, 0.2) is 11.9 Å². The van der Waals surface area contributed by atoms with Gasteiger partial charge in [0.1, 0.15) is 23.1 Å². The van der Waals surface area contributed by atoms with Gasteiger partial charge in [-0.1, -0.05) is 0 Å². The summed E-state index contributed by atoms with van der Waals surface area (Å²) < 4.78 is 55.0. The summed E-state index contributed by atoms with van der Waals surface area (Å²) in [6.07, 6.45) is -3.85. The molecule has 11 nitrogen and oxygen atoms in total. The van der Waals surface area contributed by atoms with Crippen molar-refractivity contribution in [1.29, 1.82) is 5.26 Å². The van der Waals surface area contributed by atoms with Crippen LogP contribution in [0.1, 0.15) is 34.2 Å². The van der Waals surface area contributed by atoms with Crippen molar-refractivity contribution in [3.63, 3.8) is 0 Å². The van der Waals surface area contributed by atoms with E-state index in [0.29, 0.717) is 11.3 Å². The number of hydrogen-bond acceptors (Lipinski definition) is 6. The van der Waals surface area contributed by atoms with E-state index in [0.717, 1.165) is 22.1 Å². The van der Waals surface area contributed by atoms with Crippen molar-refractivity contribution in [2.75, 3.05) is 26.0 Å². The summed E-state index contributed by atoms with van der Waals surface area (Å²) in [6.45, 7) is 0.542. The molecule has 15 heteroatoms. The predicted molar refractivity (Wildman–Crippen MR) is 122 cm³/mol. The van der Waals surface area contributed by atoms with Gasteiger partial charge in [-0.3, -0.25) is 19.1 Å². The van der Waals surface area contributed by atoms with Crippen LogP contribution in [0.15, 0.2) is 12.1 Å². The molecule has 4 amide bonds. The summed E-state index contributed by atoms with van der Waals surface area (Å²) in [6, 6.07) is 2.04. The number of rotatable bonds is 4. The minimum absolute atomic E-state index is 0.0544. The highest BCUT2D eigenvalue weighted by Gasteiger charge is 2.40. The Labute approximate surface area is 214 Å². The molecule has 0 spiro atoms. The lowest BCUT2D eigenvalue weighted by Crippen LogP contribution is -2.45. The van der Waals surface area contributed by atoms with E-state index in [1.54, 1.807) is 6.92 Å². The number of carbonyl (C=O) groups excluding carboxylic acids is 3. The van der Waals surface area contributed by atoms with Crippen molar-refractivity contribution in [2.45, 2.75) is 45.0 Å². The summed E-state index contributed by atoms with van der Waals surface area (Å²) in [4.78, 5) is 46.5. The number of nitrogens with zero attached hydrogens (tertiary/aromatic N) is 6. The van der Waals surface area contributed by atoms with E-state index >= 15 is 0 Å². The van der Waals surface area contributed by atoms with Gasteiger partial charge in [-0.15, -0.1) is 0 Å². The first-order valence-electron chi connectivity index (χ1n) is 11.4. The summed E-state index contributed by atoms with van der Waals surface area (Å²) in [5, 5.41) is 16.6. The fourth-order valence-corrected chi connectivity index (χ4v) is 4.42. The second-order valence-corrected chi connectivity index (χ2v) is 8.97. The average molecular weight is 537 g/mol. The Morgan fingerprint density at radius 2 is 2.05 bits per heavy atom. The predicted octanol–water partition coefficient (Wildman–Crippen LogP) is 2.12. The zero-order valence-corrected chi connectivity index (χ0v) is 20.5. The molecule has 202 valence electrons. The minimum Gasteiger partial charge on any atom is -0.338 e. The van der Waals surface area contributed by atoms with Crippen LogP contribution in [0, 0.1) is 23.0 Å². The van der Waals surface area contributed by atoms with Crippen molar-refractivity contribution >= 4 is 23.5 Å². The average Bonchev–Trinajstić information content (AvgIpc) is 3.13. The van der Waals surface area contributed by atoms with Crippen LogP contribution in [0.3, 0.4) is 0 Å². The standard InChI is InChI=1S/C23H23F4N7O4/c1-11-6-16-13(8-33(11)23(37)29-15-5-4-14(24)12(7-28)19(15)27)20-22(36)32(3)38-17(9-34(20)30-16)21(35)31(2)10-18(25)26/h4-5,11,17-18H,6,8-10H2,1-3H3,(H,29,37). The lowest BCUT2D eigenvalue weighted by Gasteiger charge is -2.33. The lowest BCUT2D eigenvalue weighted by molar-refractivity contribution is -0.177. The van der Waals surface area contributed by atoms with E-state index in [1.165, 1.54) is 29.7 Å². The topological polar surface area (TPSA) is 124 Å². The molecule has 3 heterocycles. The molecule has 0 radical (unpaired) electrons. The molecular weight excluding hydrogens is 514 g/mol. The Hall–Kier alpha value is -4.19. The van der Waals surface area contributed by atoms with Crippen LogP contribution in [0.4, 0.5) is 28.0 Å². The van der Waals surface area contributed by atoms with Crippen molar-refractivity contribution in [3.05, 3.63) is 46.3 Å². The van der Waals surface area contributed by atoms with Crippen molar-refractivity contribution in [2.24, 2.45) is 0 Å². The van der Waals surface area contributed by atoms with Crippen LogP contribution < -0.4 is 5.32 Å². The Bertz CT molecular complexity index is 1340. The van der Waals surface area contributed by atoms with Crippen LogP contribution >= 0.6 is 0 Å². The maximum atomic E-state index is 14.5.